The second-order valence-electron chi connectivity index (χ2n) is 9.92. The third-order valence-corrected chi connectivity index (χ3v) is 7.69. The van der Waals surface area contributed by atoms with Crippen LogP contribution in [-0.2, 0) is 16.2 Å². The molecule has 38 heavy (non-hydrogen) atoms. The number of hydrogen-bond donors (Lipinski definition) is 2. The Kier molecular flexibility index (Phi) is 7.38. The van der Waals surface area contributed by atoms with E-state index in [1.807, 2.05) is 49.4 Å². The van der Waals surface area contributed by atoms with Crippen LogP contribution in [0.25, 0.3) is 0 Å². The predicted octanol–water partition coefficient (Wildman–Crippen LogP) is 4.46. The molecule has 10 heteroatoms. The quantitative estimate of drug-likeness (QED) is 0.383. The van der Waals surface area contributed by atoms with Crippen LogP contribution in [0.5, 0.6) is 28.9 Å². The van der Waals surface area contributed by atoms with Gasteiger partial charge in [0.1, 0.15) is 18.1 Å². The van der Waals surface area contributed by atoms with Gasteiger partial charge < -0.3 is 28.6 Å². The number of fused-ring (bicyclic) bond motifs is 1. The number of benzene rings is 2. The molecule has 0 bridgehead atoms. The zero-order valence-corrected chi connectivity index (χ0v) is 22.2. The Morgan fingerprint density at radius 2 is 1.95 bits per heavy atom. The molecule has 1 saturated heterocycles. The van der Waals surface area contributed by atoms with Crippen LogP contribution < -0.4 is 23.7 Å². The third-order valence-electron chi connectivity index (χ3n) is 6.30. The smallest absolute Gasteiger partial charge is 0.266 e. The molecule has 3 atom stereocenters. The molecular weight excluding hydrogens is 508 g/mol. The first-order valence-corrected chi connectivity index (χ1v) is 13.6. The van der Waals surface area contributed by atoms with Gasteiger partial charge in [0.15, 0.2) is 22.9 Å². The summed E-state index contributed by atoms with van der Waals surface area (Å²) in [4.78, 5) is 16.0. The zero-order chi connectivity index (χ0) is 26.9. The van der Waals surface area contributed by atoms with Crippen molar-refractivity contribution in [1.29, 1.82) is 0 Å². The number of para-hydroxylation sites is 1. The van der Waals surface area contributed by atoms with Crippen molar-refractivity contribution in [3.8, 4) is 28.9 Å². The molecule has 2 aliphatic heterocycles. The summed E-state index contributed by atoms with van der Waals surface area (Å²) in [6.07, 6.45) is 0.382. The second-order valence-corrected chi connectivity index (χ2v) is 11.3. The summed E-state index contributed by atoms with van der Waals surface area (Å²) in [6.45, 7) is 6.00. The molecule has 2 N–H and O–H groups in total. The molecule has 1 fully saturated rings. The van der Waals surface area contributed by atoms with Gasteiger partial charge in [0.25, 0.3) is 5.91 Å². The number of carbonyl (C=O) groups excluding carboxylic acids is 1. The molecule has 3 aromatic rings. The highest BCUT2D eigenvalue weighted by Crippen LogP contribution is 2.44. The minimum absolute atomic E-state index is 0.205. The van der Waals surface area contributed by atoms with E-state index in [1.165, 1.54) is 0 Å². The number of nitrogens with one attached hydrogen (secondary N) is 1. The lowest BCUT2D eigenvalue weighted by Crippen LogP contribution is -2.22. The average molecular weight is 539 g/mol. The van der Waals surface area contributed by atoms with Crippen LogP contribution >= 0.6 is 0 Å². The highest BCUT2D eigenvalue weighted by molar-refractivity contribution is 7.90. The molecule has 2 unspecified atom stereocenters. The van der Waals surface area contributed by atoms with E-state index in [2.05, 4.69) is 9.71 Å². The molecule has 0 spiro atoms. The van der Waals surface area contributed by atoms with Crippen molar-refractivity contribution in [2.24, 2.45) is 0 Å². The molecule has 5 rings (SSSR count). The molecule has 2 aliphatic rings. The van der Waals surface area contributed by atoms with Gasteiger partial charge in [-0.25, -0.2) is 4.98 Å². The van der Waals surface area contributed by atoms with Crippen molar-refractivity contribution < 1.29 is 33.4 Å². The number of rotatable bonds is 9. The Hall–Kier alpha value is -3.47. The Labute approximate surface area is 224 Å². The van der Waals surface area contributed by atoms with Gasteiger partial charge in [-0.1, -0.05) is 24.3 Å². The van der Waals surface area contributed by atoms with Gasteiger partial charge in [-0.3, -0.25) is 4.79 Å². The summed E-state index contributed by atoms with van der Waals surface area (Å²) in [5, 5.41) is 9.49. The van der Waals surface area contributed by atoms with Gasteiger partial charge in [0.05, 0.1) is 35.7 Å². The van der Waals surface area contributed by atoms with Crippen LogP contribution in [0.1, 0.15) is 54.9 Å². The van der Waals surface area contributed by atoms with Crippen molar-refractivity contribution in [2.75, 3.05) is 13.2 Å². The molecule has 3 heterocycles. The number of amides is 1. The van der Waals surface area contributed by atoms with Gasteiger partial charge in [0.2, 0.25) is 5.88 Å². The van der Waals surface area contributed by atoms with Crippen LogP contribution in [-0.4, -0.2) is 39.4 Å². The molecule has 0 radical (unpaired) electrons. The van der Waals surface area contributed by atoms with E-state index >= 15 is 0 Å². The lowest BCUT2D eigenvalue weighted by atomic mass is 10.1. The fourth-order valence-electron chi connectivity index (χ4n) is 4.24. The second kappa shape index (κ2) is 10.7. The van der Waals surface area contributed by atoms with Crippen molar-refractivity contribution in [3.63, 3.8) is 0 Å². The number of carbonyl (C=O) groups is 1. The molecule has 1 amide bonds. The molecule has 200 valence electrons. The average Bonchev–Trinajstić information content (AvgIpc) is 3.43. The Morgan fingerprint density at radius 1 is 1.16 bits per heavy atom. The minimum atomic E-state index is -1.40. The van der Waals surface area contributed by atoms with Crippen LogP contribution in [0.4, 0.5) is 0 Å². The number of ether oxygens (including phenoxy) is 4. The van der Waals surface area contributed by atoms with E-state index in [-0.39, 0.29) is 23.7 Å². The van der Waals surface area contributed by atoms with Crippen molar-refractivity contribution in [3.05, 3.63) is 71.4 Å². The van der Waals surface area contributed by atoms with Gasteiger partial charge in [0, 0.05) is 23.6 Å². The van der Waals surface area contributed by atoms with E-state index in [1.54, 1.807) is 26.0 Å². The van der Waals surface area contributed by atoms with Crippen molar-refractivity contribution in [1.82, 2.24) is 9.71 Å². The molecule has 0 aliphatic carbocycles. The topological polar surface area (TPSA) is 122 Å². The van der Waals surface area contributed by atoms with Crippen LogP contribution in [0, 0.1) is 6.92 Å². The van der Waals surface area contributed by atoms with E-state index < -0.39 is 17.0 Å². The van der Waals surface area contributed by atoms with Crippen LogP contribution in [0.2, 0.25) is 0 Å². The summed E-state index contributed by atoms with van der Waals surface area (Å²) in [6, 6.07) is 16.5. The normalized spacial score (nSPS) is 20.4. The molecule has 2 aromatic carbocycles. The van der Waals surface area contributed by atoms with Gasteiger partial charge in [-0.15, -0.1) is 0 Å². The van der Waals surface area contributed by atoms with Crippen molar-refractivity contribution >= 4 is 17.3 Å². The van der Waals surface area contributed by atoms with Gasteiger partial charge in [-0.2, -0.15) is 4.72 Å². The van der Waals surface area contributed by atoms with E-state index in [0.29, 0.717) is 54.2 Å². The van der Waals surface area contributed by atoms with Gasteiger partial charge >= 0.3 is 0 Å². The first-order chi connectivity index (χ1) is 18.2. The standard InChI is InChI=1S/C28H30N2O7S/c1-17-21(11-12-26(29-17)34-14-13-28(2,3)32)37-22-6-4-5-20-23(16-35-27(20)22)36-19-9-7-18(8-10-19)24-15-25(31)30-38(24)33/h4-12,23-24,32H,13-16H2,1-3H3,(H,30,31)/t23-,24?,38?/m1/s1. The number of pyridine rings is 1. The molecule has 0 saturated carbocycles. The maximum atomic E-state index is 12.1. The summed E-state index contributed by atoms with van der Waals surface area (Å²) in [5.74, 6) is 2.66. The minimum Gasteiger partial charge on any atom is -0.593 e. The summed E-state index contributed by atoms with van der Waals surface area (Å²) in [5.41, 5.74) is 1.56. The first-order valence-electron chi connectivity index (χ1n) is 12.4. The molecular formula is C28H30N2O7S. The maximum Gasteiger partial charge on any atom is 0.266 e. The van der Waals surface area contributed by atoms with Gasteiger partial charge in [-0.05, 0) is 45.0 Å². The Bertz CT molecular complexity index is 1310. The lowest BCUT2D eigenvalue weighted by molar-refractivity contribution is -0.118. The van der Waals surface area contributed by atoms with E-state index in [0.717, 1.165) is 11.1 Å². The number of nitrogens with zero attached hydrogens (tertiary/aromatic N) is 1. The first kappa shape index (κ1) is 26.1. The fourth-order valence-corrected chi connectivity index (χ4v) is 5.40. The summed E-state index contributed by atoms with van der Waals surface area (Å²) < 4.78 is 38.5. The number of aliphatic hydroxyl groups is 1. The Balaban J connectivity index is 1.24. The third kappa shape index (κ3) is 5.98. The monoisotopic (exact) mass is 538 g/mol. The number of hydrogen-bond acceptors (Lipinski definition) is 8. The van der Waals surface area contributed by atoms with E-state index in [9.17, 15) is 14.5 Å². The summed E-state index contributed by atoms with van der Waals surface area (Å²) >= 11 is -1.40. The lowest BCUT2D eigenvalue weighted by Gasteiger charge is -2.17. The highest BCUT2D eigenvalue weighted by atomic mass is 32.2. The van der Waals surface area contributed by atoms with Crippen molar-refractivity contribution in [2.45, 2.75) is 50.6 Å². The van der Waals surface area contributed by atoms with Crippen LogP contribution in [0.15, 0.2) is 54.6 Å². The van der Waals surface area contributed by atoms with Crippen LogP contribution in [0.3, 0.4) is 0 Å². The number of aromatic nitrogens is 1. The highest BCUT2D eigenvalue weighted by Gasteiger charge is 2.37. The predicted molar refractivity (Wildman–Crippen MR) is 141 cm³/mol. The SMILES string of the molecule is Cc1nc(OCCC(C)(C)O)ccc1Oc1cccc2c1OC[C@H]2Oc1ccc(C2CC(=O)N[S+]2[O-])cc1. The zero-order valence-electron chi connectivity index (χ0n) is 21.4. The number of aryl methyl sites for hydroxylation is 1. The van der Waals surface area contributed by atoms with E-state index in [4.69, 9.17) is 18.9 Å². The molecule has 1 aromatic heterocycles. The Morgan fingerprint density at radius 3 is 2.63 bits per heavy atom. The maximum absolute atomic E-state index is 12.1. The largest absolute Gasteiger partial charge is 0.593 e. The fraction of sp³-hybridized carbons (Fsp3) is 0.357. The molecule has 9 nitrogen and oxygen atoms in total. The summed E-state index contributed by atoms with van der Waals surface area (Å²) in [7, 11) is 0.